The van der Waals surface area contributed by atoms with Crippen LogP contribution < -0.4 is 15.9 Å². The summed E-state index contributed by atoms with van der Waals surface area (Å²) >= 11 is 0. The van der Waals surface area contributed by atoms with E-state index in [1.807, 2.05) is 30.3 Å². The van der Waals surface area contributed by atoms with Crippen molar-refractivity contribution in [3.8, 4) is 0 Å². The van der Waals surface area contributed by atoms with Crippen molar-refractivity contribution in [2.45, 2.75) is 13.1 Å². The van der Waals surface area contributed by atoms with Gasteiger partial charge in [0.1, 0.15) is 12.7 Å². The highest BCUT2D eigenvalue weighted by Gasteiger charge is 2.34. The number of benzene rings is 2. The van der Waals surface area contributed by atoms with E-state index in [0.717, 1.165) is 10.6 Å². The summed E-state index contributed by atoms with van der Waals surface area (Å²) in [5.74, 6) is -0.555. The molecular formula is C18H19N5O5. The van der Waals surface area contributed by atoms with Gasteiger partial charge in [-0.1, -0.05) is 30.3 Å². The molecule has 1 atom stereocenters. The van der Waals surface area contributed by atoms with E-state index in [4.69, 9.17) is 4.74 Å². The third-order valence-corrected chi connectivity index (χ3v) is 4.01. The lowest BCUT2D eigenvalue weighted by molar-refractivity contribution is -0.384. The van der Waals surface area contributed by atoms with Crippen LogP contribution in [0.1, 0.15) is 18.7 Å². The molecule has 28 heavy (non-hydrogen) atoms. The maximum absolute atomic E-state index is 12.8. The van der Waals surface area contributed by atoms with Gasteiger partial charge in [0.25, 0.3) is 5.69 Å². The molecule has 2 aromatic carbocycles. The van der Waals surface area contributed by atoms with Gasteiger partial charge < -0.3 is 4.74 Å². The number of nitro groups is 1. The van der Waals surface area contributed by atoms with Gasteiger partial charge in [-0.25, -0.2) is 25.7 Å². The van der Waals surface area contributed by atoms with Crippen LogP contribution in [0, 0.1) is 10.1 Å². The molecule has 1 fully saturated rings. The lowest BCUT2D eigenvalue weighted by Crippen LogP contribution is -2.66. The molecule has 10 nitrogen and oxygen atoms in total. The molecule has 1 heterocycles. The highest BCUT2D eigenvalue weighted by molar-refractivity contribution is 5.93. The number of carbonyl (C=O) groups excluding carboxylic acids is 2. The predicted molar refractivity (Wildman–Crippen MR) is 99.8 cm³/mol. The van der Waals surface area contributed by atoms with Gasteiger partial charge in [0, 0.05) is 12.1 Å². The zero-order valence-corrected chi connectivity index (χ0v) is 15.1. The normalized spacial score (nSPS) is 16.8. The van der Waals surface area contributed by atoms with E-state index in [9.17, 15) is 19.7 Å². The van der Waals surface area contributed by atoms with Crippen LogP contribution in [0.5, 0.6) is 0 Å². The van der Waals surface area contributed by atoms with E-state index in [0.29, 0.717) is 5.69 Å². The number of amides is 2. The highest BCUT2D eigenvalue weighted by atomic mass is 16.6. The number of carbonyl (C=O) groups is 2. The van der Waals surface area contributed by atoms with Crippen molar-refractivity contribution < 1.29 is 19.2 Å². The van der Waals surface area contributed by atoms with Crippen molar-refractivity contribution in [1.82, 2.24) is 15.9 Å². The van der Waals surface area contributed by atoms with Crippen molar-refractivity contribution >= 4 is 23.4 Å². The summed E-state index contributed by atoms with van der Waals surface area (Å²) in [5.41, 5.74) is 7.12. The molecule has 146 valence electrons. The summed E-state index contributed by atoms with van der Waals surface area (Å²) in [6.07, 6.45) is -0.511. The third kappa shape index (κ3) is 4.24. The molecule has 3 rings (SSSR count). The maximum atomic E-state index is 12.8. The second-order valence-electron chi connectivity index (χ2n) is 5.88. The standard InChI is InChI=1S/C18H19N5O5/c1-2-28-16(24)12-21-18(25)22(14-8-10-15(11-9-14)23(26)27)20-17(19-21)13-6-4-3-5-7-13/h3-11,17,19-20H,2,12H2,1H3. The smallest absolute Gasteiger partial charge is 0.354 e. The number of non-ortho nitro benzene ring substituents is 1. The molecule has 2 aromatic rings. The Labute approximate surface area is 160 Å². The lowest BCUT2D eigenvalue weighted by atomic mass is 10.2. The summed E-state index contributed by atoms with van der Waals surface area (Å²) in [4.78, 5) is 35.1. The van der Waals surface area contributed by atoms with E-state index >= 15 is 0 Å². The van der Waals surface area contributed by atoms with E-state index in [2.05, 4.69) is 10.9 Å². The predicted octanol–water partition coefficient (Wildman–Crippen LogP) is 2.11. The van der Waals surface area contributed by atoms with Crippen molar-refractivity contribution in [2.24, 2.45) is 0 Å². The van der Waals surface area contributed by atoms with Crippen LogP contribution in [0.2, 0.25) is 0 Å². The number of urea groups is 1. The molecule has 0 aliphatic carbocycles. The van der Waals surface area contributed by atoms with Crippen LogP contribution in [0.4, 0.5) is 16.2 Å². The second-order valence-corrected chi connectivity index (χ2v) is 5.88. The largest absolute Gasteiger partial charge is 0.465 e. The van der Waals surface area contributed by atoms with E-state index < -0.39 is 23.1 Å². The van der Waals surface area contributed by atoms with Crippen LogP contribution in [-0.2, 0) is 9.53 Å². The molecule has 10 heteroatoms. The Morgan fingerprint density at radius 1 is 1.14 bits per heavy atom. The lowest BCUT2D eigenvalue weighted by Gasteiger charge is -2.41. The number of hydrogen-bond acceptors (Lipinski definition) is 7. The summed E-state index contributed by atoms with van der Waals surface area (Å²) in [6, 6.07) is 14.3. The summed E-state index contributed by atoms with van der Waals surface area (Å²) in [7, 11) is 0. The number of nitrogens with one attached hydrogen (secondary N) is 2. The molecular weight excluding hydrogens is 366 g/mol. The Kier molecular flexibility index (Phi) is 5.82. The Bertz CT molecular complexity index is 858. The molecule has 1 aliphatic rings. The first kappa shape index (κ1) is 19.3. The molecule has 1 saturated heterocycles. The SMILES string of the molecule is CCOC(=O)CN1NC(c2ccccc2)NN(c2ccc([N+](=O)[O-])cc2)C1=O. The molecule has 0 saturated carbocycles. The number of hydrazine groups is 2. The van der Waals surface area contributed by atoms with Crippen LogP contribution >= 0.6 is 0 Å². The van der Waals surface area contributed by atoms with Gasteiger partial charge in [0.05, 0.1) is 17.2 Å². The van der Waals surface area contributed by atoms with Gasteiger partial charge in [-0.05, 0) is 24.6 Å². The quantitative estimate of drug-likeness (QED) is 0.444. The number of hydrogen-bond donors (Lipinski definition) is 2. The summed E-state index contributed by atoms with van der Waals surface area (Å²) in [6.45, 7) is 1.59. The number of nitrogens with zero attached hydrogens (tertiary/aromatic N) is 3. The molecule has 0 spiro atoms. The first-order chi connectivity index (χ1) is 13.5. The Hall–Kier alpha value is -3.50. The number of esters is 1. The van der Waals surface area contributed by atoms with E-state index in [1.54, 1.807) is 6.92 Å². The van der Waals surface area contributed by atoms with Crippen molar-refractivity contribution in [1.29, 1.82) is 0 Å². The topological polar surface area (TPSA) is 117 Å². The minimum atomic E-state index is -0.555. The van der Waals surface area contributed by atoms with Gasteiger partial charge in [0.2, 0.25) is 0 Å². The first-order valence-corrected chi connectivity index (χ1v) is 8.58. The average molecular weight is 385 g/mol. The van der Waals surface area contributed by atoms with E-state index in [1.165, 1.54) is 29.3 Å². The zero-order chi connectivity index (χ0) is 20.1. The van der Waals surface area contributed by atoms with Crippen molar-refractivity contribution in [3.63, 3.8) is 0 Å². The molecule has 0 bridgehead atoms. The third-order valence-electron chi connectivity index (χ3n) is 4.01. The first-order valence-electron chi connectivity index (χ1n) is 8.58. The number of ether oxygens (including phenoxy) is 1. The minimum Gasteiger partial charge on any atom is -0.465 e. The second kappa shape index (κ2) is 8.46. The van der Waals surface area contributed by atoms with Crippen LogP contribution in [0.15, 0.2) is 54.6 Å². The van der Waals surface area contributed by atoms with Crippen LogP contribution in [0.25, 0.3) is 0 Å². The van der Waals surface area contributed by atoms with Gasteiger partial charge in [-0.3, -0.25) is 14.9 Å². The van der Waals surface area contributed by atoms with Crippen molar-refractivity contribution in [3.05, 3.63) is 70.3 Å². The van der Waals surface area contributed by atoms with Gasteiger partial charge in [-0.2, -0.15) is 0 Å². The van der Waals surface area contributed by atoms with Crippen LogP contribution in [0.3, 0.4) is 0 Å². The van der Waals surface area contributed by atoms with Crippen molar-refractivity contribution in [2.75, 3.05) is 18.2 Å². The fourth-order valence-electron chi connectivity index (χ4n) is 2.70. The van der Waals surface area contributed by atoms with Gasteiger partial charge in [0.15, 0.2) is 0 Å². The average Bonchev–Trinajstić information content (AvgIpc) is 2.70. The Balaban J connectivity index is 1.89. The van der Waals surface area contributed by atoms with Gasteiger partial charge >= 0.3 is 12.0 Å². The fourth-order valence-corrected chi connectivity index (χ4v) is 2.70. The monoisotopic (exact) mass is 385 g/mol. The highest BCUT2D eigenvalue weighted by Crippen LogP contribution is 2.24. The maximum Gasteiger partial charge on any atom is 0.354 e. The molecule has 0 aromatic heterocycles. The minimum absolute atomic E-state index is 0.0886. The van der Waals surface area contributed by atoms with E-state index in [-0.39, 0.29) is 18.8 Å². The molecule has 0 radical (unpaired) electrons. The van der Waals surface area contributed by atoms with Crippen LogP contribution in [-0.4, -0.2) is 35.1 Å². The number of anilines is 1. The molecule has 1 unspecified atom stereocenters. The molecule has 1 aliphatic heterocycles. The Morgan fingerprint density at radius 3 is 2.43 bits per heavy atom. The number of rotatable bonds is 6. The summed E-state index contributed by atoms with van der Waals surface area (Å²) in [5, 5.41) is 13.2. The summed E-state index contributed by atoms with van der Waals surface area (Å²) < 4.78 is 4.93. The molecule has 2 amide bonds. The number of nitro benzene ring substituents is 1. The fraction of sp³-hybridized carbons (Fsp3) is 0.222. The van der Waals surface area contributed by atoms with Gasteiger partial charge in [-0.15, -0.1) is 0 Å². The zero-order valence-electron chi connectivity index (χ0n) is 15.1. The molecule has 2 N–H and O–H groups in total. The Morgan fingerprint density at radius 2 is 1.82 bits per heavy atom.